The van der Waals surface area contributed by atoms with Crippen molar-refractivity contribution in [1.29, 1.82) is 0 Å². The minimum absolute atomic E-state index is 0.0777. The summed E-state index contributed by atoms with van der Waals surface area (Å²) in [5, 5.41) is 3.77. The van der Waals surface area contributed by atoms with E-state index in [1.54, 1.807) is 6.07 Å². The molecule has 0 bridgehead atoms. The number of hydrogen-bond acceptors (Lipinski definition) is 4. The summed E-state index contributed by atoms with van der Waals surface area (Å²) < 4.78 is 5.49. The Bertz CT molecular complexity index is 937. The monoisotopic (exact) mass is 344 g/mol. The van der Waals surface area contributed by atoms with Gasteiger partial charge in [-0.05, 0) is 24.1 Å². The normalized spacial score (nSPS) is 11.4. The molecule has 0 atom stereocenters. The summed E-state index contributed by atoms with van der Waals surface area (Å²) in [6.45, 7) is 5.93. The maximum Gasteiger partial charge on any atom is 0.293 e. The summed E-state index contributed by atoms with van der Waals surface area (Å²) in [6.07, 6.45) is 0.642. The zero-order valence-corrected chi connectivity index (χ0v) is 14.4. The smallest absolute Gasteiger partial charge is 0.293 e. The predicted octanol–water partition coefficient (Wildman–Crippen LogP) is 4.46. The molecule has 0 fully saturated rings. The molecule has 124 valence electrons. The Morgan fingerprint density at radius 2 is 2.00 bits per heavy atom. The van der Waals surface area contributed by atoms with Gasteiger partial charge < -0.3 is 9.51 Å². The van der Waals surface area contributed by atoms with Crippen molar-refractivity contribution >= 4 is 33.5 Å². The van der Waals surface area contributed by atoms with Crippen LogP contribution in [0.2, 0.25) is 0 Å². The molecule has 6 heteroatoms. The fourth-order valence-electron chi connectivity index (χ4n) is 2.90. The van der Waals surface area contributed by atoms with Gasteiger partial charge in [-0.3, -0.25) is 9.59 Å². The van der Waals surface area contributed by atoms with E-state index >= 15 is 0 Å². The second-order valence-electron chi connectivity index (χ2n) is 5.90. The van der Waals surface area contributed by atoms with Gasteiger partial charge in [-0.15, -0.1) is 0 Å². The van der Waals surface area contributed by atoms with E-state index < -0.39 is 11.0 Å². The SMILES string of the molecule is CCc1noc(C(C)C)c1-c1[nH]c2ccccc2c1C(=O)C(=O)Cl. The Kier molecular flexibility index (Phi) is 4.28. The highest BCUT2D eigenvalue weighted by Crippen LogP contribution is 2.37. The second kappa shape index (κ2) is 6.24. The van der Waals surface area contributed by atoms with Crippen LogP contribution in [0.4, 0.5) is 0 Å². The minimum Gasteiger partial charge on any atom is -0.360 e. The molecule has 0 amide bonds. The Morgan fingerprint density at radius 3 is 2.62 bits per heavy atom. The van der Waals surface area contributed by atoms with Gasteiger partial charge in [0.1, 0.15) is 5.76 Å². The lowest BCUT2D eigenvalue weighted by Crippen LogP contribution is -2.09. The van der Waals surface area contributed by atoms with Gasteiger partial charge in [0.05, 0.1) is 22.5 Å². The van der Waals surface area contributed by atoms with Gasteiger partial charge in [0, 0.05) is 16.8 Å². The number of nitrogens with zero attached hydrogens (tertiary/aromatic N) is 1. The van der Waals surface area contributed by atoms with Crippen LogP contribution in [0.5, 0.6) is 0 Å². The molecular formula is C18H17ClN2O3. The molecule has 2 aromatic heterocycles. The molecular weight excluding hydrogens is 328 g/mol. The van der Waals surface area contributed by atoms with Crippen LogP contribution >= 0.6 is 11.6 Å². The third-order valence-corrected chi connectivity index (χ3v) is 4.18. The van der Waals surface area contributed by atoms with Crippen LogP contribution in [0.25, 0.3) is 22.2 Å². The number of ketones is 1. The number of aromatic amines is 1. The zero-order valence-electron chi connectivity index (χ0n) is 13.6. The maximum atomic E-state index is 12.5. The van der Waals surface area contributed by atoms with Crippen molar-refractivity contribution in [2.45, 2.75) is 33.1 Å². The summed E-state index contributed by atoms with van der Waals surface area (Å²) in [7, 11) is 0. The summed E-state index contributed by atoms with van der Waals surface area (Å²) in [4.78, 5) is 27.2. The van der Waals surface area contributed by atoms with E-state index in [4.69, 9.17) is 16.1 Å². The Labute approximate surface area is 144 Å². The molecule has 0 saturated carbocycles. The van der Waals surface area contributed by atoms with Crippen LogP contribution in [-0.4, -0.2) is 21.2 Å². The number of benzene rings is 1. The molecule has 3 aromatic rings. The van der Waals surface area contributed by atoms with Crippen molar-refractivity contribution < 1.29 is 14.1 Å². The third kappa shape index (κ3) is 2.55. The van der Waals surface area contributed by atoms with Gasteiger partial charge in [-0.25, -0.2) is 0 Å². The number of Topliss-reactive ketones (excluding diaryl/α,β-unsaturated/α-hetero) is 1. The van der Waals surface area contributed by atoms with E-state index in [1.165, 1.54) is 0 Å². The van der Waals surface area contributed by atoms with Gasteiger partial charge >= 0.3 is 0 Å². The lowest BCUT2D eigenvalue weighted by molar-refractivity contribution is -0.108. The Morgan fingerprint density at radius 1 is 1.29 bits per heavy atom. The number of aromatic nitrogens is 2. The lowest BCUT2D eigenvalue weighted by Gasteiger charge is -2.06. The fourth-order valence-corrected chi connectivity index (χ4v) is 3.00. The van der Waals surface area contributed by atoms with E-state index in [-0.39, 0.29) is 11.5 Å². The van der Waals surface area contributed by atoms with Crippen molar-refractivity contribution in [1.82, 2.24) is 10.1 Å². The molecule has 0 unspecified atom stereocenters. The molecule has 2 heterocycles. The van der Waals surface area contributed by atoms with Crippen molar-refractivity contribution in [3.8, 4) is 11.3 Å². The number of halogens is 1. The highest BCUT2D eigenvalue weighted by molar-refractivity contribution is 6.83. The molecule has 5 nitrogen and oxygen atoms in total. The zero-order chi connectivity index (χ0) is 17.4. The van der Waals surface area contributed by atoms with Crippen molar-refractivity contribution in [3.63, 3.8) is 0 Å². The molecule has 0 radical (unpaired) electrons. The molecule has 24 heavy (non-hydrogen) atoms. The molecule has 0 aliphatic carbocycles. The summed E-state index contributed by atoms with van der Waals surface area (Å²) in [5.74, 6) is 0.0189. The average Bonchev–Trinajstić information content (AvgIpc) is 3.14. The first-order valence-electron chi connectivity index (χ1n) is 7.79. The van der Waals surface area contributed by atoms with Crippen LogP contribution in [0.1, 0.15) is 48.5 Å². The van der Waals surface area contributed by atoms with Gasteiger partial charge in [0.25, 0.3) is 5.24 Å². The topological polar surface area (TPSA) is 76.0 Å². The number of nitrogens with one attached hydrogen (secondary N) is 1. The Hall–Kier alpha value is -2.40. The highest BCUT2D eigenvalue weighted by atomic mass is 35.5. The standard InChI is InChI=1S/C18H17ClN2O3/c1-4-11-14(17(9(2)3)24-21-11)15-13(16(22)18(19)23)10-7-5-6-8-12(10)20-15/h5-9,20H,4H2,1-3H3. The second-order valence-corrected chi connectivity index (χ2v) is 6.24. The lowest BCUT2D eigenvalue weighted by atomic mass is 9.96. The third-order valence-electron chi connectivity index (χ3n) is 4.01. The minimum atomic E-state index is -1.01. The Balaban J connectivity index is 2.39. The van der Waals surface area contributed by atoms with Crippen LogP contribution in [0.15, 0.2) is 28.8 Å². The number of H-pyrrole nitrogens is 1. The van der Waals surface area contributed by atoms with Gasteiger partial charge in [0.15, 0.2) is 0 Å². The largest absolute Gasteiger partial charge is 0.360 e. The van der Waals surface area contributed by atoms with E-state index in [2.05, 4.69) is 10.1 Å². The predicted molar refractivity (Wildman–Crippen MR) is 92.5 cm³/mol. The molecule has 0 aliphatic rings. The van der Waals surface area contributed by atoms with Gasteiger partial charge in [-0.1, -0.05) is 44.1 Å². The first kappa shape index (κ1) is 16.5. The van der Waals surface area contributed by atoms with E-state index in [0.717, 1.165) is 16.8 Å². The van der Waals surface area contributed by atoms with Crippen LogP contribution < -0.4 is 0 Å². The van der Waals surface area contributed by atoms with Crippen LogP contribution in [-0.2, 0) is 11.2 Å². The molecule has 0 spiro atoms. The number of rotatable bonds is 5. The average molecular weight is 345 g/mol. The number of carbonyl (C=O) groups excluding carboxylic acids is 2. The van der Waals surface area contributed by atoms with E-state index in [0.29, 0.717) is 23.3 Å². The molecule has 1 N–H and O–H groups in total. The van der Waals surface area contributed by atoms with E-state index in [9.17, 15) is 9.59 Å². The molecule has 1 aromatic carbocycles. The quantitative estimate of drug-likeness (QED) is 0.421. The van der Waals surface area contributed by atoms with Gasteiger partial charge in [0.2, 0.25) is 5.78 Å². The van der Waals surface area contributed by atoms with Crippen molar-refractivity contribution in [2.24, 2.45) is 0 Å². The maximum absolute atomic E-state index is 12.5. The summed E-state index contributed by atoms with van der Waals surface area (Å²) in [6, 6.07) is 7.31. The number of fused-ring (bicyclic) bond motifs is 1. The van der Waals surface area contributed by atoms with Gasteiger partial charge in [-0.2, -0.15) is 0 Å². The number of para-hydroxylation sites is 1. The number of carbonyl (C=O) groups is 2. The molecule has 0 saturated heterocycles. The molecule has 3 rings (SSSR count). The molecule has 0 aliphatic heterocycles. The fraction of sp³-hybridized carbons (Fsp3) is 0.278. The van der Waals surface area contributed by atoms with Crippen LogP contribution in [0, 0.1) is 0 Å². The first-order chi connectivity index (χ1) is 11.5. The summed E-state index contributed by atoms with van der Waals surface area (Å²) in [5.41, 5.74) is 3.04. The summed E-state index contributed by atoms with van der Waals surface area (Å²) >= 11 is 5.49. The van der Waals surface area contributed by atoms with Crippen molar-refractivity contribution in [2.75, 3.05) is 0 Å². The number of hydrogen-bond donors (Lipinski definition) is 1. The highest BCUT2D eigenvalue weighted by Gasteiger charge is 2.29. The van der Waals surface area contributed by atoms with Crippen LogP contribution in [0.3, 0.4) is 0 Å². The van der Waals surface area contributed by atoms with E-state index in [1.807, 2.05) is 39.0 Å². The first-order valence-corrected chi connectivity index (χ1v) is 8.17. The van der Waals surface area contributed by atoms with Crippen molar-refractivity contribution in [3.05, 3.63) is 41.3 Å². The number of aryl methyl sites for hydroxylation is 1.